The number of amides is 1. The molecule has 0 aliphatic carbocycles. The Labute approximate surface area is 108 Å². The Morgan fingerprint density at radius 1 is 1.33 bits per heavy atom. The highest BCUT2D eigenvalue weighted by atomic mass is 16.2. The molecule has 5 nitrogen and oxygen atoms in total. The predicted molar refractivity (Wildman–Crippen MR) is 70.6 cm³/mol. The fourth-order valence-electron chi connectivity index (χ4n) is 2.01. The Kier molecular flexibility index (Phi) is 4.50. The van der Waals surface area contributed by atoms with Crippen molar-refractivity contribution in [3.05, 3.63) is 18.0 Å². The number of hydrogen-bond acceptors (Lipinski definition) is 4. The molecule has 1 fully saturated rings. The van der Waals surface area contributed by atoms with Crippen molar-refractivity contribution in [2.45, 2.75) is 32.6 Å². The minimum atomic E-state index is 0.0487. The summed E-state index contributed by atoms with van der Waals surface area (Å²) in [4.78, 5) is 22.3. The van der Waals surface area contributed by atoms with E-state index in [0.29, 0.717) is 11.5 Å². The molecule has 2 rings (SSSR count). The highest BCUT2D eigenvalue weighted by Crippen LogP contribution is 2.12. The summed E-state index contributed by atoms with van der Waals surface area (Å²) in [6, 6.07) is 0. The maximum Gasteiger partial charge on any atom is 0.256 e. The van der Waals surface area contributed by atoms with E-state index in [-0.39, 0.29) is 5.91 Å². The lowest BCUT2D eigenvalue weighted by Gasteiger charge is -2.14. The summed E-state index contributed by atoms with van der Waals surface area (Å²) in [6.07, 6.45) is 7.66. The van der Waals surface area contributed by atoms with Gasteiger partial charge in [-0.25, -0.2) is 9.97 Å². The molecule has 1 N–H and O–H groups in total. The number of rotatable bonds is 5. The van der Waals surface area contributed by atoms with E-state index >= 15 is 0 Å². The molecular formula is C13H20N4O. The van der Waals surface area contributed by atoms with Gasteiger partial charge in [-0.15, -0.1) is 0 Å². The third-order valence-electron chi connectivity index (χ3n) is 3.11. The SMILES string of the molecule is CCCCNc1ncc(C(=O)N2CCCC2)cn1. The van der Waals surface area contributed by atoms with Crippen LogP contribution in [0.2, 0.25) is 0 Å². The van der Waals surface area contributed by atoms with Crippen molar-refractivity contribution in [1.29, 1.82) is 0 Å². The second kappa shape index (κ2) is 6.33. The van der Waals surface area contributed by atoms with E-state index in [0.717, 1.165) is 45.3 Å². The Hall–Kier alpha value is -1.65. The average molecular weight is 248 g/mol. The van der Waals surface area contributed by atoms with E-state index < -0.39 is 0 Å². The van der Waals surface area contributed by atoms with Gasteiger partial charge in [0.25, 0.3) is 5.91 Å². The fraction of sp³-hybridized carbons (Fsp3) is 0.615. The molecule has 0 spiro atoms. The van der Waals surface area contributed by atoms with E-state index in [9.17, 15) is 4.79 Å². The monoisotopic (exact) mass is 248 g/mol. The van der Waals surface area contributed by atoms with Gasteiger partial charge in [0, 0.05) is 32.0 Å². The summed E-state index contributed by atoms with van der Waals surface area (Å²) in [6.45, 7) is 4.72. The molecule has 0 aromatic carbocycles. The highest BCUT2D eigenvalue weighted by Gasteiger charge is 2.19. The van der Waals surface area contributed by atoms with Gasteiger partial charge in [0.1, 0.15) is 0 Å². The molecule has 1 saturated heterocycles. The van der Waals surface area contributed by atoms with Gasteiger partial charge in [0.05, 0.1) is 5.56 Å². The molecule has 0 unspecified atom stereocenters. The van der Waals surface area contributed by atoms with Crippen LogP contribution >= 0.6 is 0 Å². The number of carbonyl (C=O) groups excluding carboxylic acids is 1. The first-order chi connectivity index (χ1) is 8.81. The van der Waals surface area contributed by atoms with E-state index in [1.165, 1.54) is 0 Å². The molecule has 0 atom stereocenters. The van der Waals surface area contributed by atoms with Crippen LogP contribution < -0.4 is 5.32 Å². The van der Waals surface area contributed by atoms with Crippen molar-refractivity contribution in [2.75, 3.05) is 25.0 Å². The van der Waals surface area contributed by atoms with Crippen LogP contribution in [0.5, 0.6) is 0 Å². The maximum atomic E-state index is 12.0. The first-order valence-corrected chi connectivity index (χ1v) is 6.66. The van der Waals surface area contributed by atoms with Crippen molar-refractivity contribution in [1.82, 2.24) is 14.9 Å². The van der Waals surface area contributed by atoms with Crippen LogP contribution in [0.1, 0.15) is 43.0 Å². The Bertz CT molecular complexity index is 384. The first-order valence-electron chi connectivity index (χ1n) is 6.66. The molecule has 0 saturated carbocycles. The molecule has 98 valence electrons. The summed E-state index contributed by atoms with van der Waals surface area (Å²) in [5.74, 6) is 0.647. The average Bonchev–Trinajstić information content (AvgIpc) is 2.93. The number of anilines is 1. The Morgan fingerprint density at radius 3 is 2.61 bits per heavy atom. The van der Waals surface area contributed by atoms with Gasteiger partial charge in [-0.05, 0) is 19.3 Å². The zero-order valence-electron chi connectivity index (χ0n) is 10.9. The van der Waals surface area contributed by atoms with Gasteiger partial charge < -0.3 is 10.2 Å². The third kappa shape index (κ3) is 3.18. The van der Waals surface area contributed by atoms with E-state index in [4.69, 9.17) is 0 Å². The van der Waals surface area contributed by atoms with Crippen molar-refractivity contribution >= 4 is 11.9 Å². The molecule has 5 heteroatoms. The molecule has 1 amide bonds. The molecule has 0 bridgehead atoms. The standard InChI is InChI=1S/C13H20N4O/c1-2-3-6-14-13-15-9-11(10-16-13)12(18)17-7-4-5-8-17/h9-10H,2-8H2,1H3,(H,14,15,16). The van der Waals surface area contributed by atoms with Crippen molar-refractivity contribution in [3.63, 3.8) is 0 Å². The lowest BCUT2D eigenvalue weighted by molar-refractivity contribution is 0.0792. The van der Waals surface area contributed by atoms with Crippen molar-refractivity contribution in [3.8, 4) is 0 Å². The lowest BCUT2D eigenvalue weighted by atomic mass is 10.3. The number of carbonyl (C=O) groups is 1. The van der Waals surface area contributed by atoms with E-state index in [1.807, 2.05) is 4.90 Å². The van der Waals surface area contributed by atoms with Crippen LogP contribution in [0.3, 0.4) is 0 Å². The number of nitrogens with zero attached hydrogens (tertiary/aromatic N) is 3. The minimum absolute atomic E-state index is 0.0487. The second-order valence-corrected chi connectivity index (χ2v) is 4.57. The van der Waals surface area contributed by atoms with Crippen molar-refractivity contribution < 1.29 is 4.79 Å². The molecule has 18 heavy (non-hydrogen) atoms. The smallest absolute Gasteiger partial charge is 0.256 e. The number of aromatic nitrogens is 2. The summed E-state index contributed by atoms with van der Waals surface area (Å²) in [5, 5.41) is 3.13. The fourth-order valence-corrected chi connectivity index (χ4v) is 2.01. The summed E-state index contributed by atoms with van der Waals surface area (Å²) in [5.41, 5.74) is 0.581. The van der Waals surface area contributed by atoms with E-state index in [2.05, 4.69) is 22.2 Å². The number of likely N-dealkylation sites (tertiary alicyclic amines) is 1. The summed E-state index contributed by atoms with van der Waals surface area (Å²) in [7, 11) is 0. The quantitative estimate of drug-likeness (QED) is 0.809. The molecular weight excluding hydrogens is 228 g/mol. The summed E-state index contributed by atoms with van der Waals surface area (Å²) >= 11 is 0. The molecule has 2 heterocycles. The maximum absolute atomic E-state index is 12.0. The molecule has 1 aromatic rings. The number of hydrogen-bond donors (Lipinski definition) is 1. The van der Waals surface area contributed by atoms with Crippen LogP contribution in [0, 0.1) is 0 Å². The van der Waals surface area contributed by atoms with Gasteiger partial charge >= 0.3 is 0 Å². The zero-order valence-corrected chi connectivity index (χ0v) is 10.9. The predicted octanol–water partition coefficient (Wildman–Crippen LogP) is 1.92. The normalized spacial score (nSPS) is 14.8. The summed E-state index contributed by atoms with van der Waals surface area (Å²) < 4.78 is 0. The van der Waals surface area contributed by atoms with Crippen LogP contribution in [0.25, 0.3) is 0 Å². The number of nitrogens with one attached hydrogen (secondary N) is 1. The van der Waals surface area contributed by atoms with Crippen LogP contribution in [0.4, 0.5) is 5.95 Å². The molecule has 1 aliphatic rings. The topological polar surface area (TPSA) is 58.1 Å². The van der Waals surface area contributed by atoms with Crippen LogP contribution in [-0.2, 0) is 0 Å². The van der Waals surface area contributed by atoms with E-state index in [1.54, 1.807) is 12.4 Å². The molecule has 1 aliphatic heterocycles. The van der Waals surface area contributed by atoms with Gasteiger partial charge in [-0.2, -0.15) is 0 Å². The Morgan fingerprint density at radius 2 is 2.00 bits per heavy atom. The van der Waals surface area contributed by atoms with Gasteiger partial charge in [-0.1, -0.05) is 13.3 Å². The molecule has 1 aromatic heterocycles. The van der Waals surface area contributed by atoms with Crippen molar-refractivity contribution in [2.24, 2.45) is 0 Å². The van der Waals surface area contributed by atoms with Gasteiger partial charge in [0.15, 0.2) is 0 Å². The van der Waals surface area contributed by atoms with Gasteiger partial charge in [0.2, 0.25) is 5.95 Å². The third-order valence-corrected chi connectivity index (χ3v) is 3.11. The minimum Gasteiger partial charge on any atom is -0.354 e. The molecule has 0 radical (unpaired) electrons. The van der Waals surface area contributed by atoms with Crippen LogP contribution in [-0.4, -0.2) is 40.4 Å². The number of unbranched alkanes of at least 4 members (excludes halogenated alkanes) is 1. The lowest BCUT2D eigenvalue weighted by Crippen LogP contribution is -2.27. The Balaban J connectivity index is 1.92. The highest BCUT2D eigenvalue weighted by molar-refractivity contribution is 5.93. The van der Waals surface area contributed by atoms with Crippen LogP contribution in [0.15, 0.2) is 12.4 Å². The largest absolute Gasteiger partial charge is 0.354 e. The zero-order chi connectivity index (χ0) is 12.8. The first kappa shape index (κ1) is 12.8. The van der Waals surface area contributed by atoms with Gasteiger partial charge in [-0.3, -0.25) is 4.79 Å². The second-order valence-electron chi connectivity index (χ2n) is 4.57.